The molecule has 0 saturated carbocycles. The van der Waals surface area contributed by atoms with Crippen molar-refractivity contribution in [1.29, 1.82) is 0 Å². The highest BCUT2D eigenvalue weighted by Gasteiger charge is 2.06. The Kier molecular flexibility index (Phi) is 5.01. The zero-order valence-corrected chi connectivity index (χ0v) is 12.3. The third-order valence-electron chi connectivity index (χ3n) is 2.68. The number of phenols is 1. The SMILES string of the molecule is O=C(NCc1cc(Br)ccc1O)OCc1ccccc1. The van der Waals surface area contributed by atoms with Gasteiger partial charge in [0.2, 0.25) is 0 Å². The van der Waals surface area contributed by atoms with Gasteiger partial charge in [0.25, 0.3) is 0 Å². The molecule has 4 nitrogen and oxygen atoms in total. The Morgan fingerprint density at radius 2 is 1.95 bits per heavy atom. The molecule has 0 aliphatic carbocycles. The third kappa shape index (κ3) is 4.28. The fourth-order valence-electron chi connectivity index (χ4n) is 1.64. The van der Waals surface area contributed by atoms with Crippen LogP contribution in [0.15, 0.2) is 53.0 Å². The molecule has 104 valence electrons. The molecular formula is C15H14BrNO3. The predicted octanol–water partition coefficient (Wildman–Crippen LogP) is 3.58. The third-order valence-corrected chi connectivity index (χ3v) is 3.17. The molecule has 2 N–H and O–H groups in total. The summed E-state index contributed by atoms with van der Waals surface area (Å²) in [4.78, 5) is 11.6. The van der Waals surface area contributed by atoms with Crippen molar-refractivity contribution < 1.29 is 14.6 Å². The number of rotatable bonds is 4. The van der Waals surface area contributed by atoms with Gasteiger partial charge in [-0.2, -0.15) is 0 Å². The summed E-state index contributed by atoms with van der Waals surface area (Å²) in [6, 6.07) is 14.5. The summed E-state index contributed by atoms with van der Waals surface area (Å²) in [6.07, 6.45) is -0.520. The maximum absolute atomic E-state index is 11.6. The van der Waals surface area contributed by atoms with Gasteiger partial charge < -0.3 is 15.2 Å². The average Bonchev–Trinajstić information content (AvgIpc) is 2.47. The van der Waals surface area contributed by atoms with Crippen LogP contribution in [0.3, 0.4) is 0 Å². The first kappa shape index (κ1) is 14.4. The van der Waals surface area contributed by atoms with Gasteiger partial charge in [-0.1, -0.05) is 46.3 Å². The average molecular weight is 336 g/mol. The summed E-state index contributed by atoms with van der Waals surface area (Å²) < 4.78 is 5.91. The maximum atomic E-state index is 11.6. The monoisotopic (exact) mass is 335 g/mol. The summed E-state index contributed by atoms with van der Waals surface area (Å²) in [5, 5.41) is 12.2. The van der Waals surface area contributed by atoms with E-state index >= 15 is 0 Å². The van der Waals surface area contributed by atoms with E-state index in [1.54, 1.807) is 18.2 Å². The van der Waals surface area contributed by atoms with Crippen molar-refractivity contribution in [3.63, 3.8) is 0 Å². The number of ether oxygens (including phenoxy) is 1. The Bertz CT molecular complexity index is 587. The molecule has 0 aliphatic heterocycles. The Hall–Kier alpha value is -2.01. The summed E-state index contributed by atoms with van der Waals surface area (Å²) in [5.41, 5.74) is 1.55. The number of carbonyl (C=O) groups excluding carboxylic acids is 1. The molecule has 0 radical (unpaired) electrons. The fraction of sp³-hybridized carbons (Fsp3) is 0.133. The highest BCUT2D eigenvalue weighted by Crippen LogP contribution is 2.21. The minimum absolute atomic E-state index is 0.136. The van der Waals surface area contributed by atoms with Crippen molar-refractivity contribution in [2.75, 3.05) is 0 Å². The second kappa shape index (κ2) is 6.96. The first-order valence-electron chi connectivity index (χ1n) is 6.07. The molecule has 0 unspecified atom stereocenters. The maximum Gasteiger partial charge on any atom is 0.407 e. The van der Waals surface area contributed by atoms with Crippen molar-refractivity contribution in [3.8, 4) is 5.75 Å². The van der Waals surface area contributed by atoms with E-state index in [0.29, 0.717) is 5.56 Å². The number of benzene rings is 2. The quantitative estimate of drug-likeness (QED) is 0.897. The number of aromatic hydroxyl groups is 1. The molecule has 2 aromatic carbocycles. The number of carbonyl (C=O) groups is 1. The molecule has 5 heteroatoms. The number of halogens is 1. The van der Waals surface area contributed by atoms with Crippen LogP contribution in [-0.4, -0.2) is 11.2 Å². The van der Waals surface area contributed by atoms with Gasteiger partial charge in [0.15, 0.2) is 0 Å². The van der Waals surface area contributed by atoms with Crippen LogP contribution in [0.5, 0.6) is 5.75 Å². The van der Waals surface area contributed by atoms with Crippen LogP contribution in [0.25, 0.3) is 0 Å². The van der Waals surface area contributed by atoms with Crippen LogP contribution in [0.1, 0.15) is 11.1 Å². The van der Waals surface area contributed by atoms with E-state index in [0.717, 1.165) is 10.0 Å². The number of hydrogen-bond acceptors (Lipinski definition) is 3. The molecular weight excluding hydrogens is 322 g/mol. The number of nitrogens with one attached hydrogen (secondary N) is 1. The molecule has 0 heterocycles. The molecule has 2 aromatic rings. The highest BCUT2D eigenvalue weighted by atomic mass is 79.9. The number of phenolic OH excluding ortho intramolecular Hbond substituents is 1. The van der Waals surface area contributed by atoms with E-state index in [-0.39, 0.29) is 18.9 Å². The molecule has 1 amide bonds. The molecule has 0 aliphatic rings. The minimum atomic E-state index is -0.520. The lowest BCUT2D eigenvalue weighted by atomic mass is 10.2. The van der Waals surface area contributed by atoms with Gasteiger partial charge in [0.05, 0.1) is 0 Å². The van der Waals surface area contributed by atoms with Crippen LogP contribution >= 0.6 is 15.9 Å². The minimum Gasteiger partial charge on any atom is -0.508 e. The van der Waals surface area contributed by atoms with E-state index in [2.05, 4.69) is 21.2 Å². The van der Waals surface area contributed by atoms with Gasteiger partial charge in [-0.25, -0.2) is 4.79 Å². The van der Waals surface area contributed by atoms with Gasteiger partial charge in [0, 0.05) is 16.6 Å². The molecule has 2 rings (SSSR count). The van der Waals surface area contributed by atoms with Crippen LogP contribution in [0.4, 0.5) is 4.79 Å². The van der Waals surface area contributed by atoms with Crippen molar-refractivity contribution in [2.24, 2.45) is 0 Å². The predicted molar refractivity (Wildman–Crippen MR) is 79.3 cm³/mol. The molecule has 0 saturated heterocycles. The summed E-state index contributed by atoms with van der Waals surface area (Å²) in [6.45, 7) is 0.427. The number of amides is 1. The Morgan fingerprint density at radius 1 is 1.20 bits per heavy atom. The van der Waals surface area contributed by atoms with Crippen molar-refractivity contribution >= 4 is 22.0 Å². The standard InChI is InChI=1S/C15H14BrNO3/c16-13-6-7-14(18)12(8-13)9-17-15(19)20-10-11-4-2-1-3-5-11/h1-8,18H,9-10H2,(H,17,19). The zero-order valence-electron chi connectivity index (χ0n) is 10.7. The van der Waals surface area contributed by atoms with Gasteiger partial charge >= 0.3 is 6.09 Å². The molecule has 0 fully saturated rings. The molecule has 0 spiro atoms. The van der Waals surface area contributed by atoms with E-state index in [9.17, 15) is 9.90 Å². The van der Waals surface area contributed by atoms with Crippen LogP contribution < -0.4 is 5.32 Å². The van der Waals surface area contributed by atoms with Crippen molar-refractivity contribution in [1.82, 2.24) is 5.32 Å². The first-order valence-corrected chi connectivity index (χ1v) is 6.86. The smallest absolute Gasteiger partial charge is 0.407 e. The Labute approximate surface area is 125 Å². The lowest BCUT2D eigenvalue weighted by Crippen LogP contribution is -2.23. The zero-order chi connectivity index (χ0) is 14.4. The Balaban J connectivity index is 1.82. The lowest BCUT2D eigenvalue weighted by Gasteiger charge is -2.08. The summed E-state index contributed by atoms with van der Waals surface area (Å²) in [7, 11) is 0. The largest absolute Gasteiger partial charge is 0.508 e. The first-order chi connectivity index (χ1) is 9.65. The second-order valence-corrected chi connectivity index (χ2v) is 5.10. The normalized spacial score (nSPS) is 10.1. The Morgan fingerprint density at radius 3 is 2.70 bits per heavy atom. The lowest BCUT2D eigenvalue weighted by molar-refractivity contribution is 0.139. The molecule has 0 atom stereocenters. The van der Waals surface area contributed by atoms with Crippen LogP contribution in [0, 0.1) is 0 Å². The fourth-order valence-corrected chi connectivity index (χ4v) is 2.05. The van der Waals surface area contributed by atoms with E-state index in [4.69, 9.17) is 4.74 Å². The van der Waals surface area contributed by atoms with Gasteiger partial charge in [-0.15, -0.1) is 0 Å². The van der Waals surface area contributed by atoms with E-state index in [1.807, 2.05) is 30.3 Å². The number of hydrogen-bond donors (Lipinski definition) is 2. The van der Waals surface area contributed by atoms with Crippen LogP contribution in [-0.2, 0) is 17.9 Å². The van der Waals surface area contributed by atoms with Crippen molar-refractivity contribution in [2.45, 2.75) is 13.2 Å². The van der Waals surface area contributed by atoms with E-state index in [1.165, 1.54) is 0 Å². The highest BCUT2D eigenvalue weighted by molar-refractivity contribution is 9.10. The van der Waals surface area contributed by atoms with Crippen LogP contribution in [0.2, 0.25) is 0 Å². The van der Waals surface area contributed by atoms with Gasteiger partial charge in [-0.3, -0.25) is 0 Å². The summed E-state index contributed by atoms with van der Waals surface area (Å²) in [5.74, 6) is 0.136. The van der Waals surface area contributed by atoms with E-state index < -0.39 is 6.09 Å². The number of alkyl carbamates (subject to hydrolysis) is 1. The van der Waals surface area contributed by atoms with Crippen molar-refractivity contribution in [3.05, 3.63) is 64.1 Å². The molecule has 20 heavy (non-hydrogen) atoms. The second-order valence-electron chi connectivity index (χ2n) is 4.19. The summed E-state index contributed by atoms with van der Waals surface area (Å²) >= 11 is 3.31. The molecule has 0 aromatic heterocycles. The van der Waals surface area contributed by atoms with Gasteiger partial charge in [0.1, 0.15) is 12.4 Å². The topological polar surface area (TPSA) is 58.6 Å². The molecule has 0 bridgehead atoms. The van der Waals surface area contributed by atoms with Gasteiger partial charge in [-0.05, 0) is 23.8 Å².